The highest BCUT2D eigenvalue weighted by Gasteiger charge is 2.12. The van der Waals surface area contributed by atoms with Gasteiger partial charge in [-0.1, -0.05) is 6.07 Å². The Bertz CT molecular complexity index is 1040. The fourth-order valence-corrected chi connectivity index (χ4v) is 2.54. The average molecular weight is 396 g/mol. The fourth-order valence-electron chi connectivity index (χ4n) is 2.54. The molecular formula is C19H20N6O4. The van der Waals surface area contributed by atoms with Crippen LogP contribution in [0.25, 0.3) is 0 Å². The van der Waals surface area contributed by atoms with Crippen LogP contribution in [0.15, 0.2) is 48.8 Å². The molecule has 3 aromatic rings. The van der Waals surface area contributed by atoms with E-state index in [1.165, 1.54) is 10.7 Å². The van der Waals surface area contributed by atoms with Gasteiger partial charge in [0, 0.05) is 30.3 Å². The van der Waals surface area contributed by atoms with Gasteiger partial charge in [0.2, 0.25) is 0 Å². The zero-order valence-electron chi connectivity index (χ0n) is 15.7. The molecule has 0 aliphatic heterocycles. The highest BCUT2D eigenvalue weighted by molar-refractivity contribution is 6.05. The molecule has 0 saturated carbocycles. The number of carbonyl (C=O) groups excluding carboxylic acids is 2. The summed E-state index contributed by atoms with van der Waals surface area (Å²) in [6.45, 7) is 2.77. The number of rotatable bonds is 8. The van der Waals surface area contributed by atoms with Crippen molar-refractivity contribution in [2.75, 3.05) is 10.6 Å². The predicted octanol–water partition coefficient (Wildman–Crippen LogP) is 2.08. The van der Waals surface area contributed by atoms with Crippen LogP contribution in [-0.4, -0.2) is 42.5 Å². The first-order valence-electron chi connectivity index (χ1n) is 8.96. The molecule has 0 bridgehead atoms. The first-order chi connectivity index (χ1) is 13.9. The standard InChI is InChI=1S/C19H20N6O4/c1-2-24-9-6-15(22-24)18(28)20-13-4-3-5-14(12-13)21-19(29)16-7-10-25(23-16)11-8-17(26)27/h3-7,9-10,12H,2,8,11H2,1H3,(H,20,28)(H,21,29)(H,26,27). The van der Waals surface area contributed by atoms with Crippen LogP contribution in [0.1, 0.15) is 34.3 Å². The van der Waals surface area contributed by atoms with E-state index in [4.69, 9.17) is 5.11 Å². The Morgan fingerprint density at radius 1 is 0.931 bits per heavy atom. The number of carboxylic acid groups (broad SMARTS) is 1. The van der Waals surface area contributed by atoms with Gasteiger partial charge in [-0.2, -0.15) is 10.2 Å². The first kappa shape index (κ1) is 19.8. The van der Waals surface area contributed by atoms with Crippen molar-refractivity contribution < 1.29 is 19.5 Å². The molecule has 0 spiro atoms. The maximum Gasteiger partial charge on any atom is 0.305 e. The van der Waals surface area contributed by atoms with E-state index < -0.39 is 11.9 Å². The Kier molecular flexibility index (Phi) is 6.03. The minimum Gasteiger partial charge on any atom is -0.481 e. The van der Waals surface area contributed by atoms with E-state index in [2.05, 4.69) is 20.8 Å². The lowest BCUT2D eigenvalue weighted by Gasteiger charge is -2.07. The lowest BCUT2D eigenvalue weighted by molar-refractivity contribution is -0.137. The number of benzene rings is 1. The molecule has 10 nitrogen and oxygen atoms in total. The number of carbonyl (C=O) groups is 3. The summed E-state index contributed by atoms with van der Waals surface area (Å²) in [7, 11) is 0. The van der Waals surface area contributed by atoms with Crippen molar-refractivity contribution in [2.24, 2.45) is 0 Å². The highest BCUT2D eigenvalue weighted by atomic mass is 16.4. The molecule has 0 atom stereocenters. The van der Waals surface area contributed by atoms with Gasteiger partial charge >= 0.3 is 5.97 Å². The van der Waals surface area contributed by atoms with Gasteiger partial charge < -0.3 is 15.7 Å². The second kappa shape index (κ2) is 8.83. The molecule has 0 unspecified atom stereocenters. The van der Waals surface area contributed by atoms with Gasteiger partial charge in [0.25, 0.3) is 11.8 Å². The van der Waals surface area contributed by atoms with E-state index in [1.54, 1.807) is 47.4 Å². The molecule has 2 aromatic heterocycles. The summed E-state index contributed by atoms with van der Waals surface area (Å²) in [4.78, 5) is 35.2. The summed E-state index contributed by atoms with van der Waals surface area (Å²) in [5.41, 5.74) is 1.45. The summed E-state index contributed by atoms with van der Waals surface area (Å²) in [5, 5.41) is 22.4. The van der Waals surface area contributed by atoms with Crippen molar-refractivity contribution in [1.29, 1.82) is 0 Å². The number of nitrogens with one attached hydrogen (secondary N) is 2. The van der Waals surface area contributed by atoms with Crippen molar-refractivity contribution >= 4 is 29.2 Å². The van der Waals surface area contributed by atoms with Crippen molar-refractivity contribution in [3.8, 4) is 0 Å². The molecule has 10 heteroatoms. The Morgan fingerprint density at radius 2 is 1.48 bits per heavy atom. The van der Waals surface area contributed by atoms with E-state index in [9.17, 15) is 14.4 Å². The molecule has 0 aliphatic carbocycles. The number of aromatic nitrogens is 4. The monoisotopic (exact) mass is 396 g/mol. The second-order valence-electron chi connectivity index (χ2n) is 6.15. The number of anilines is 2. The SMILES string of the molecule is CCn1ccc(C(=O)Nc2cccc(NC(=O)c3ccn(CCC(=O)O)n3)c2)n1. The lowest BCUT2D eigenvalue weighted by atomic mass is 10.2. The normalized spacial score (nSPS) is 10.5. The van der Waals surface area contributed by atoms with Crippen LogP contribution in [0.3, 0.4) is 0 Å². The molecule has 3 N–H and O–H groups in total. The van der Waals surface area contributed by atoms with Crippen LogP contribution in [-0.2, 0) is 17.9 Å². The van der Waals surface area contributed by atoms with Crippen molar-refractivity contribution in [3.05, 3.63) is 60.2 Å². The molecule has 0 radical (unpaired) electrons. The quantitative estimate of drug-likeness (QED) is 0.534. The summed E-state index contributed by atoms with van der Waals surface area (Å²) < 4.78 is 3.05. The largest absolute Gasteiger partial charge is 0.481 e. The number of nitrogens with zero attached hydrogens (tertiary/aromatic N) is 4. The minimum absolute atomic E-state index is 0.0824. The number of aryl methyl sites for hydroxylation is 2. The zero-order chi connectivity index (χ0) is 20.8. The lowest BCUT2D eigenvalue weighted by Crippen LogP contribution is -2.15. The fraction of sp³-hybridized carbons (Fsp3) is 0.211. The van der Waals surface area contributed by atoms with Gasteiger partial charge in [-0.05, 0) is 37.3 Å². The topological polar surface area (TPSA) is 131 Å². The van der Waals surface area contributed by atoms with E-state index in [0.29, 0.717) is 23.6 Å². The van der Waals surface area contributed by atoms with Crippen LogP contribution >= 0.6 is 0 Å². The van der Waals surface area contributed by atoms with E-state index in [-0.39, 0.29) is 24.6 Å². The number of carboxylic acids is 1. The molecule has 0 fully saturated rings. The Hall–Kier alpha value is -3.95. The number of aliphatic carboxylic acids is 1. The molecule has 1 aromatic carbocycles. The highest BCUT2D eigenvalue weighted by Crippen LogP contribution is 2.17. The van der Waals surface area contributed by atoms with Crippen LogP contribution in [0.5, 0.6) is 0 Å². The van der Waals surface area contributed by atoms with Crippen LogP contribution in [0.2, 0.25) is 0 Å². The molecule has 150 valence electrons. The molecule has 0 saturated heterocycles. The second-order valence-corrected chi connectivity index (χ2v) is 6.15. The summed E-state index contributed by atoms with van der Waals surface area (Å²) in [5.74, 6) is -1.73. The summed E-state index contributed by atoms with van der Waals surface area (Å²) >= 11 is 0. The minimum atomic E-state index is -0.938. The predicted molar refractivity (Wildman–Crippen MR) is 105 cm³/mol. The third-order valence-electron chi connectivity index (χ3n) is 4.00. The smallest absolute Gasteiger partial charge is 0.305 e. The third kappa shape index (κ3) is 5.28. The van der Waals surface area contributed by atoms with Crippen LogP contribution in [0, 0.1) is 0 Å². The van der Waals surface area contributed by atoms with Crippen LogP contribution < -0.4 is 10.6 Å². The maximum atomic E-state index is 12.4. The molecule has 2 amide bonds. The summed E-state index contributed by atoms with van der Waals surface area (Å²) in [6, 6.07) is 9.83. The van der Waals surface area contributed by atoms with Gasteiger partial charge in [0.15, 0.2) is 11.4 Å². The first-order valence-corrected chi connectivity index (χ1v) is 8.96. The third-order valence-corrected chi connectivity index (χ3v) is 4.00. The molecule has 29 heavy (non-hydrogen) atoms. The van der Waals surface area contributed by atoms with E-state index in [0.717, 1.165) is 0 Å². The molecule has 2 heterocycles. The maximum absolute atomic E-state index is 12.4. The van der Waals surface area contributed by atoms with Gasteiger partial charge in [-0.15, -0.1) is 0 Å². The van der Waals surface area contributed by atoms with E-state index in [1.807, 2.05) is 6.92 Å². The van der Waals surface area contributed by atoms with Gasteiger partial charge in [-0.25, -0.2) is 0 Å². The van der Waals surface area contributed by atoms with Crippen LogP contribution in [0.4, 0.5) is 11.4 Å². The van der Waals surface area contributed by atoms with Gasteiger partial charge in [0.1, 0.15) is 0 Å². The van der Waals surface area contributed by atoms with Crippen molar-refractivity contribution in [2.45, 2.75) is 26.4 Å². The molecule has 3 rings (SSSR count). The van der Waals surface area contributed by atoms with E-state index >= 15 is 0 Å². The molecule has 0 aliphatic rings. The molecular weight excluding hydrogens is 376 g/mol. The summed E-state index contributed by atoms with van der Waals surface area (Å²) in [6.07, 6.45) is 3.19. The number of hydrogen-bond acceptors (Lipinski definition) is 5. The number of hydrogen-bond donors (Lipinski definition) is 3. The van der Waals surface area contributed by atoms with Crippen molar-refractivity contribution in [1.82, 2.24) is 19.6 Å². The number of amides is 2. The average Bonchev–Trinajstić information content (AvgIpc) is 3.36. The van der Waals surface area contributed by atoms with Gasteiger partial charge in [-0.3, -0.25) is 23.7 Å². The Morgan fingerprint density at radius 3 is 2.00 bits per heavy atom. The Balaban J connectivity index is 1.62. The van der Waals surface area contributed by atoms with Gasteiger partial charge in [0.05, 0.1) is 13.0 Å². The van der Waals surface area contributed by atoms with Crippen molar-refractivity contribution in [3.63, 3.8) is 0 Å². The Labute approximate surface area is 166 Å². The zero-order valence-corrected chi connectivity index (χ0v) is 15.7.